The van der Waals surface area contributed by atoms with Crippen molar-refractivity contribution in [3.05, 3.63) is 60.7 Å². The lowest BCUT2D eigenvalue weighted by Crippen LogP contribution is -2.31. The highest BCUT2D eigenvalue weighted by atomic mass is 16.2. The first-order chi connectivity index (χ1) is 9.27. The molecule has 5 N–H and O–H groups in total. The van der Waals surface area contributed by atoms with Gasteiger partial charge in [0, 0.05) is 13.0 Å². The average Bonchev–Trinajstić information content (AvgIpc) is 2.50. The topological polar surface area (TPSA) is 81.1 Å². The van der Waals surface area contributed by atoms with Gasteiger partial charge in [-0.05, 0) is 11.1 Å². The van der Waals surface area contributed by atoms with E-state index in [0.717, 1.165) is 0 Å². The molecule has 0 aliphatic heterocycles. The summed E-state index contributed by atoms with van der Waals surface area (Å²) in [5.41, 5.74) is 9.49. The van der Waals surface area contributed by atoms with Crippen LogP contribution in [0.25, 0.3) is 11.1 Å². The number of nitrogens with two attached hydrogens (primary N) is 2. The van der Waals surface area contributed by atoms with Gasteiger partial charge < -0.3 is 5.73 Å². The van der Waals surface area contributed by atoms with E-state index in [1.165, 1.54) is 11.1 Å². The number of carbonyl (C=O) groups is 1. The molecule has 2 rings (SSSR count). The Kier molecular flexibility index (Phi) is 6.94. The van der Waals surface area contributed by atoms with Crippen LogP contribution in [0, 0.1) is 0 Å². The summed E-state index contributed by atoms with van der Waals surface area (Å²) in [7, 11) is 0. The average molecular weight is 257 g/mol. The second kappa shape index (κ2) is 8.85. The number of amides is 1. The highest BCUT2D eigenvalue weighted by Gasteiger charge is 1.92. The van der Waals surface area contributed by atoms with Crippen molar-refractivity contribution in [2.45, 2.75) is 6.42 Å². The van der Waals surface area contributed by atoms with Crippen LogP contribution in [0.15, 0.2) is 60.7 Å². The smallest absolute Gasteiger partial charge is 0.235 e. The van der Waals surface area contributed by atoms with Crippen LogP contribution in [0.1, 0.15) is 6.42 Å². The van der Waals surface area contributed by atoms with Crippen LogP contribution >= 0.6 is 0 Å². The van der Waals surface area contributed by atoms with Gasteiger partial charge >= 0.3 is 0 Å². The molecule has 19 heavy (non-hydrogen) atoms. The fourth-order valence-corrected chi connectivity index (χ4v) is 1.46. The third kappa shape index (κ3) is 5.81. The number of hydrogen-bond acceptors (Lipinski definition) is 3. The maximum Gasteiger partial charge on any atom is 0.235 e. The summed E-state index contributed by atoms with van der Waals surface area (Å²) in [5, 5.41) is 0. The summed E-state index contributed by atoms with van der Waals surface area (Å²) < 4.78 is 0. The molecule has 0 unspecified atom stereocenters. The van der Waals surface area contributed by atoms with Gasteiger partial charge in [-0.1, -0.05) is 60.7 Å². The van der Waals surface area contributed by atoms with Crippen LogP contribution in [0.5, 0.6) is 0 Å². The van der Waals surface area contributed by atoms with Crippen molar-refractivity contribution in [3.8, 4) is 11.1 Å². The second-order valence-corrected chi connectivity index (χ2v) is 3.84. The maximum absolute atomic E-state index is 10.1. The molecule has 0 bridgehead atoms. The van der Waals surface area contributed by atoms with Crippen molar-refractivity contribution in [1.82, 2.24) is 5.43 Å². The first-order valence-electron chi connectivity index (χ1n) is 6.08. The van der Waals surface area contributed by atoms with E-state index in [0.29, 0.717) is 13.0 Å². The van der Waals surface area contributed by atoms with E-state index >= 15 is 0 Å². The van der Waals surface area contributed by atoms with Crippen molar-refractivity contribution in [2.24, 2.45) is 11.6 Å². The molecule has 0 spiro atoms. The molecular formula is C15H19N3O. The Morgan fingerprint density at radius 2 is 1.32 bits per heavy atom. The Hall–Kier alpha value is -2.17. The number of carbonyl (C=O) groups excluding carboxylic acids is 1. The molecular weight excluding hydrogens is 238 g/mol. The second-order valence-electron chi connectivity index (χ2n) is 3.84. The van der Waals surface area contributed by atoms with Gasteiger partial charge in [-0.25, -0.2) is 5.84 Å². The third-order valence-corrected chi connectivity index (χ3v) is 2.41. The summed E-state index contributed by atoms with van der Waals surface area (Å²) in [5.74, 6) is 4.48. The van der Waals surface area contributed by atoms with E-state index in [-0.39, 0.29) is 5.91 Å². The van der Waals surface area contributed by atoms with Gasteiger partial charge in [-0.3, -0.25) is 10.2 Å². The molecule has 0 radical (unpaired) electrons. The highest BCUT2D eigenvalue weighted by Crippen LogP contribution is 2.17. The Labute approximate surface area is 113 Å². The molecule has 0 heterocycles. The summed E-state index contributed by atoms with van der Waals surface area (Å²) in [4.78, 5) is 10.1. The van der Waals surface area contributed by atoms with Crippen molar-refractivity contribution in [3.63, 3.8) is 0 Å². The lowest BCUT2D eigenvalue weighted by molar-refractivity contribution is -0.120. The van der Waals surface area contributed by atoms with Crippen molar-refractivity contribution >= 4 is 5.91 Å². The summed E-state index contributed by atoms with van der Waals surface area (Å²) in [6.45, 7) is 0.350. The molecule has 1 amide bonds. The predicted octanol–water partition coefficient (Wildman–Crippen LogP) is 1.68. The minimum atomic E-state index is -0.220. The number of nitrogens with one attached hydrogen (secondary N) is 1. The van der Waals surface area contributed by atoms with Crippen LogP contribution in [0.2, 0.25) is 0 Å². The molecule has 0 aromatic heterocycles. The first-order valence-corrected chi connectivity index (χ1v) is 6.08. The summed E-state index contributed by atoms with van der Waals surface area (Å²) in [6, 6.07) is 20.8. The minimum Gasteiger partial charge on any atom is -0.330 e. The monoisotopic (exact) mass is 257 g/mol. The lowest BCUT2D eigenvalue weighted by Gasteiger charge is -1.98. The number of benzene rings is 2. The van der Waals surface area contributed by atoms with E-state index in [4.69, 9.17) is 11.6 Å². The van der Waals surface area contributed by atoms with Gasteiger partial charge in [0.25, 0.3) is 0 Å². The van der Waals surface area contributed by atoms with Gasteiger partial charge in [-0.15, -0.1) is 0 Å². The molecule has 0 aliphatic rings. The van der Waals surface area contributed by atoms with Gasteiger partial charge in [-0.2, -0.15) is 0 Å². The zero-order chi connectivity index (χ0) is 13.9. The van der Waals surface area contributed by atoms with Crippen LogP contribution < -0.4 is 17.0 Å². The zero-order valence-corrected chi connectivity index (χ0v) is 10.8. The van der Waals surface area contributed by atoms with Crippen molar-refractivity contribution < 1.29 is 4.79 Å². The Bertz CT molecular complexity index is 434. The molecule has 0 atom stereocenters. The zero-order valence-electron chi connectivity index (χ0n) is 10.8. The quantitative estimate of drug-likeness (QED) is 0.444. The number of hydrazine groups is 1. The van der Waals surface area contributed by atoms with E-state index in [2.05, 4.69) is 48.5 Å². The first kappa shape index (κ1) is 14.9. The Morgan fingerprint density at radius 1 is 0.895 bits per heavy atom. The van der Waals surface area contributed by atoms with Gasteiger partial charge in [0.1, 0.15) is 0 Å². The van der Waals surface area contributed by atoms with Crippen LogP contribution in [0.3, 0.4) is 0 Å². The molecule has 0 saturated carbocycles. The van der Waals surface area contributed by atoms with Crippen LogP contribution in [-0.4, -0.2) is 12.5 Å². The molecule has 0 saturated heterocycles. The summed E-state index contributed by atoms with van der Waals surface area (Å²) in [6.07, 6.45) is 0.302. The highest BCUT2D eigenvalue weighted by molar-refractivity contribution is 5.75. The molecule has 4 nitrogen and oxygen atoms in total. The fraction of sp³-hybridized carbons (Fsp3) is 0.133. The lowest BCUT2D eigenvalue weighted by atomic mass is 10.1. The molecule has 4 heteroatoms. The standard InChI is InChI=1S/C12H10.C3H9N3O/c1-3-7-11(8-4-1)12-9-5-2-6-10-12;4-2-1-3(7)6-5/h1-10H;1-2,4-5H2,(H,6,7). The van der Waals surface area contributed by atoms with Crippen molar-refractivity contribution in [1.29, 1.82) is 0 Å². The normalized spacial score (nSPS) is 9.16. The van der Waals surface area contributed by atoms with Gasteiger partial charge in [0.2, 0.25) is 5.91 Å². The van der Waals surface area contributed by atoms with E-state index < -0.39 is 0 Å². The predicted molar refractivity (Wildman–Crippen MR) is 77.9 cm³/mol. The summed E-state index contributed by atoms with van der Waals surface area (Å²) >= 11 is 0. The maximum atomic E-state index is 10.1. The van der Waals surface area contributed by atoms with Gasteiger partial charge in [0.15, 0.2) is 0 Å². The fourth-order valence-electron chi connectivity index (χ4n) is 1.46. The molecule has 0 fully saturated rings. The molecule has 2 aromatic carbocycles. The molecule has 0 aliphatic carbocycles. The molecule has 2 aromatic rings. The van der Waals surface area contributed by atoms with E-state index in [9.17, 15) is 4.79 Å². The SMILES string of the molecule is NCCC(=O)NN.c1ccc(-c2ccccc2)cc1. The van der Waals surface area contributed by atoms with E-state index in [1.807, 2.05) is 17.6 Å². The Balaban J connectivity index is 0.000000224. The number of hydrogen-bond donors (Lipinski definition) is 3. The third-order valence-electron chi connectivity index (χ3n) is 2.41. The van der Waals surface area contributed by atoms with Crippen LogP contribution in [0.4, 0.5) is 0 Å². The van der Waals surface area contributed by atoms with E-state index in [1.54, 1.807) is 0 Å². The largest absolute Gasteiger partial charge is 0.330 e. The van der Waals surface area contributed by atoms with Crippen LogP contribution in [-0.2, 0) is 4.79 Å². The molecule has 100 valence electrons. The van der Waals surface area contributed by atoms with Crippen molar-refractivity contribution in [2.75, 3.05) is 6.54 Å². The Morgan fingerprint density at radius 3 is 1.58 bits per heavy atom. The minimum absolute atomic E-state index is 0.220. The number of rotatable bonds is 3. The van der Waals surface area contributed by atoms with Gasteiger partial charge in [0.05, 0.1) is 0 Å².